The number of ketones is 1. The van der Waals surface area contributed by atoms with Gasteiger partial charge in [-0.2, -0.15) is 0 Å². The zero-order chi connectivity index (χ0) is 20.7. The van der Waals surface area contributed by atoms with Gasteiger partial charge in [0.2, 0.25) is 0 Å². The van der Waals surface area contributed by atoms with Crippen LogP contribution in [0.3, 0.4) is 0 Å². The van der Waals surface area contributed by atoms with Crippen LogP contribution in [-0.2, 0) is 9.53 Å². The molecule has 4 nitrogen and oxygen atoms in total. The highest BCUT2D eigenvalue weighted by molar-refractivity contribution is 5.91. The van der Waals surface area contributed by atoms with Crippen molar-refractivity contribution in [1.29, 1.82) is 0 Å². The maximum Gasteiger partial charge on any atom is 0.171 e. The molecular formula is C24H34O4. The first kappa shape index (κ1) is 20.9. The molecule has 4 heteroatoms. The molecule has 1 heterocycles. The molecule has 0 saturated carbocycles. The Kier molecular flexibility index (Phi) is 5.64. The molecule has 0 aromatic carbocycles. The van der Waals surface area contributed by atoms with Crippen LogP contribution in [0.1, 0.15) is 60.3 Å². The van der Waals surface area contributed by atoms with Crippen LogP contribution < -0.4 is 0 Å². The number of ether oxygens (including phenoxy) is 1. The lowest BCUT2D eigenvalue weighted by molar-refractivity contribution is -0.127. The van der Waals surface area contributed by atoms with Gasteiger partial charge < -0.3 is 14.9 Å². The highest BCUT2D eigenvalue weighted by Crippen LogP contribution is 2.51. The number of carbonyl (C=O) groups is 1. The number of aliphatic hydroxyl groups excluding tert-OH is 2. The Labute approximate surface area is 168 Å². The second-order valence-corrected chi connectivity index (χ2v) is 9.47. The fourth-order valence-corrected chi connectivity index (χ4v) is 5.04. The third-order valence-electron chi connectivity index (χ3n) is 6.87. The van der Waals surface area contributed by atoms with E-state index in [-0.39, 0.29) is 22.9 Å². The summed E-state index contributed by atoms with van der Waals surface area (Å²) >= 11 is 0. The van der Waals surface area contributed by atoms with Crippen LogP contribution in [-0.4, -0.2) is 29.2 Å². The summed E-state index contributed by atoms with van der Waals surface area (Å²) in [4.78, 5) is 12.7. The number of aliphatic hydroxyl groups is 2. The van der Waals surface area contributed by atoms with Crippen LogP contribution >= 0.6 is 0 Å². The van der Waals surface area contributed by atoms with Gasteiger partial charge in [-0.1, -0.05) is 38.8 Å². The SMILES string of the molecule is CCCC1=CC2=C(C(O)=CC1(C)C(=O)CO)[C@@H]1C=C(C)CC[C@H]1C(C)(C)CO2. The van der Waals surface area contributed by atoms with Gasteiger partial charge in [-0.3, -0.25) is 4.79 Å². The minimum Gasteiger partial charge on any atom is -0.508 e. The lowest BCUT2D eigenvalue weighted by Gasteiger charge is -2.39. The molecule has 2 aliphatic carbocycles. The third kappa shape index (κ3) is 3.47. The Morgan fingerprint density at radius 2 is 2.04 bits per heavy atom. The molecule has 3 rings (SSSR count). The fraction of sp³-hybridized carbons (Fsp3) is 0.625. The van der Waals surface area contributed by atoms with Gasteiger partial charge in [-0.15, -0.1) is 0 Å². The molecular weight excluding hydrogens is 352 g/mol. The molecule has 0 saturated heterocycles. The molecule has 0 spiro atoms. The first-order valence-electron chi connectivity index (χ1n) is 10.5. The van der Waals surface area contributed by atoms with E-state index < -0.39 is 12.0 Å². The minimum absolute atomic E-state index is 0.0165. The molecule has 0 aromatic heterocycles. The van der Waals surface area contributed by atoms with Gasteiger partial charge in [-0.05, 0) is 56.8 Å². The predicted molar refractivity (Wildman–Crippen MR) is 111 cm³/mol. The fourth-order valence-electron chi connectivity index (χ4n) is 5.04. The first-order chi connectivity index (χ1) is 13.1. The molecule has 1 aliphatic heterocycles. The van der Waals surface area contributed by atoms with Crippen LogP contribution in [0.5, 0.6) is 0 Å². The molecule has 2 N–H and O–H groups in total. The molecule has 3 atom stereocenters. The monoisotopic (exact) mass is 386 g/mol. The van der Waals surface area contributed by atoms with E-state index in [4.69, 9.17) is 4.74 Å². The first-order valence-corrected chi connectivity index (χ1v) is 10.5. The number of rotatable bonds is 4. The zero-order valence-corrected chi connectivity index (χ0v) is 17.8. The number of carbonyl (C=O) groups excluding carboxylic acids is 1. The highest BCUT2D eigenvalue weighted by atomic mass is 16.5. The summed E-state index contributed by atoms with van der Waals surface area (Å²) in [6.45, 7) is 10.5. The predicted octanol–water partition coefficient (Wildman–Crippen LogP) is 5.02. The summed E-state index contributed by atoms with van der Waals surface area (Å²) in [5.74, 6) is 0.908. The van der Waals surface area contributed by atoms with Crippen molar-refractivity contribution in [3.63, 3.8) is 0 Å². The van der Waals surface area contributed by atoms with E-state index in [0.717, 1.165) is 30.4 Å². The molecule has 0 radical (unpaired) electrons. The van der Waals surface area contributed by atoms with Gasteiger partial charge in [0.25, 0.3) is 0 Å². The van der Waals surface area contributed by atoms with Gasteiger partial charge in [0.15, 0.2) is 5.78 Å². The second-order valence-electron chi connectivity index (χ2n) is 9.47. The smallest absolute Gasteiger partial charge is 0.171 e. The van der Waals surface area contributed by atoms with Crippen molar-refractivity contribution in [1.82, 2.24) is 0 Å². The number of allylic oxidation sites excluding steroid dienone is 6. The Bertz CT molecular complexity index is 780. The number of fused-ring (bicyclic) bond motifs is 2. The van der Waals surface area contributed by atoms with Gasteiger partial charge in [-0.25, -0.2) is 0 Å². The summed E-state index contributed by atoms with van der Waals surface area (Å²) in [7, 11) is 0. The van der Waals surface area contributed by atoms with Crippen molar-refractivity contribution in [3.05, 3.63) is 46.5 Å². The normalized spacial score (nSPS) is 32.0. The van der Waals surface area contributed by atoms with Crippen LogP contribution in [0.4, 0.5) is 0 Å². The summed E-state index contributed by atoms with van der Waals surface area (Å²) in [5, 5.41) is 20.8. The molecule has 3 aliphatic rings. The molecule has 0 fully saturated rings. The van der Waals surface area contributed by atoms with E-state index in [1.165, 1.54) is 5.57 Å². The average Bonchev–Trinajstić information content (AvgIpc) is 2.81. The molecule has 1 unspecified atom stereocenters. The lowest BCUT2D eigenvalue weighted by Crippen LogP contribution is -2.35. The second kappa shape index (κ2) is 7.55. The quantitative estimate of drug-likeness (QED) is 0.666. The van der Waals surface area contributed by atoms with Gasteiger partial charge in [0.05, 0.1) is 12.0 Å². The van der Waals surface area contributed by atoms with Crippen molar-refractivity contribution < 1.29 is 19.7 Å². The van der Waals surface area contributed by atoms with E-state index in [1.807, 2.05) is 6.08 Å². The van der Waals surface area contributed by atoms with Crippen molar-refractivity contribution in [2.45, 2.75) is 60.3 Å². The maximum atomic E-state index is 12.7. The molecule has 0 amide bonds. The van der Waals surface area contributed by atoms with Gasteiger partial charge in [0, 0.05) is 16.9 Å². The topological polar surface area (TPSA) is 66.8 Å². The number of hydrogen-bond donors (Lipinski definition) is 2. The van der Waals surface area contributed by atoms with E-state index in [1.54, 1.807) is 13.0 Å². The van der Waals surface area contributed by atoms with E-state index in [2.05, 4.69) is 33.8 Å². The van der Waals surface area contributed by atoms with Gasteiger partial charge >= 0.3 is 0 Å². The minimum atomic E-state index is -1.02. The van der Waals surface area contributed by atoms with Crippen molar-refractivity contribution in [3.8, 4) is 0 Å². The van der Waals surface area contributed by atoms with Crippen LogP contribution in [0.15, 0.2) is 46.5 Å². The average molecular weight is 387 g/mol. The Hall–Kier alpha value is -1.81. The van der Waals surface area contributed by atoms with E-state index in [0.29, 0.717) is 24.7 Å². The largest absolute Gasteiger partial charge is 0.508 e. The van der Waals surface area contributed by atoms with Crippen molar-refractivity contribution in [2.75, 3.05) is 13.2 Å². The Morgan fingerprint density at radius 3 is 2.68 bits per heavy atom. The Morgan fingerprint density at radius 1 is 1.32 bits per heavy atom. The molecule has 0 aromatic rings. The highest BCUT2D eigenvalue weighted by Gasteiger charge is 2.45. The molecule has 154 valence electrons. The summed E-state index contributed by atoms with van der Waals surface area (Å²) in [6.07, 6.45) is 9.58. The van der Waals surface area contributed by atoms with E-state index in [9.17, 15) is 15.0 Å². The number of hydrogen-bond acceptors (Lipinski definition) is 4. The maximum absolute atomic E-state index is 12.7. The van der Waals surface area contributed by atoms with Gasteiger partial charge in [0.1, 0.15) is 18.1 Å². The van der Waals surface area contributed by atoms with Crippen LogP contribution in [0.25, 0.3) is 0 Å². The van der Waals surface area contributed by atoms with Crippen molar-refractivity contribution >= 4 is 5.78 Å². The third-order valence-corrected chi connectivity index (χ3v) is 6.87. The summed E-state index contributed by atoms with van der Waals surface area (Å²) in [6, 6.07) is 0. The summed E-state index contributed by atoms with van der Waals surface area (Å²) in [5.41, 5.74) is 1.96. The Balaban J connectivity index is 2.22. The molecule has 0 bridgehead atoms. The van der Waals surface area contributed by atoms with Crippen molar-refractivity contribution in [2.24, 2.45) is 22.7 Å². The summed E-state index contributed by atoms with van der Waals surface area (Å²) < 4.78 is 6.28. The van der Waals surface area contributed by atoms with Crippen LogP contribution in [0.2, 0.25) is 0 Å². The van der Waals surface area contributed by atoms with Crippen LogP contribution in [0, 0.1) is 22.7 Å². The standard InChI is InChI=1S/C24H34O4/c1-6-7-16-11-20-22(19(26)12-24(16,5)21(27)13-25)17-10-15(2)8-9-18(17)23(3,4)14-28-20/h10-12,17-18,25-26H,6-9,13-14H2,1-5H3/t17-,18-,24?/m1/s1. The molecule has 28 heavy (non-hydrogen) atoms. The number of Topliss-reactive ketones (excluding diaryl/α,β-unsaturated/α-hetero) is 1. The zero-order valence-electron chi connectivity index (χ0n) is 17.8. The van der Waals surface area contributed by atoms with E-state index >= 15 is 0 Å². The lowest BCUT2D eigenvalue weighted by atomic mass is 9.65.